The van der Waals surface area contributed by atoms with E-state index in [9.17, 15) is 10.1 Å². The molecule has 1 fully saturated rings. The second-order valence-corrected chi connectivity index (χ2v) is 7.10. The quantitative estimate of drug-likeness (QED) is 0.454. The summed E-state index contributed by atoms with van der Waals surface area (Å²) in [6.45, 7) is 0.428. The van der Waals surface area contributed by atoms with Gasteiger partial charge in [0.05, 0.1) is 10.6 Å². The van der Waals surface area contributed by atoms with Crippen molar-refractivity contribution in [3.8, 4) is 11.3 Å². The number of anilines is 2. The monoisotopic (exact) mass is 390 g/mol. The minimum absolute atomic E-state index is 0.0769. The van der Waals surface area contributed by atoms with E-state index in [0.29, 0.717) is 24.4 Å². The molecule has 0 amide bonds. The maximum Gasteiger partial charge on any atom is 0.269 e. The normalized spacial score (nSPS) is 13.9. The van der Waals surface area contributed by atoms with Crippen molar-refractivity contribution in [3.05, 3.63) is 70.5 Å². The Labute approximate surface area is 168 Å². The van der Waals surface area contributed by atoms with Crippen LogP contribution in [0.25, 0.3) is 11.3 Å². The number of non-ortho nitro benzene ring substituents is 1. The fraction of sp³-hybridized carbons (Fsp3) is 0.286. The lowest BCUT2D eigenvalue weighted by atomic mass is 10.2. The van der Waals surface area contributed by atoms with E-state index < -0.39 is 0 Å². The van der Waals surface area contributed by atoms with E-state index in [4.69, 9.17) is 0 Å². The van der Waals surface area contributed by atoms with E-state index in [1.807, 2.05) is 24.3 Å². The SMILES string of the molecule is O=[N+]([O-])c1cccc(CNc2cc(-c3ccncc3)nc(NC3CCCC3)n2)c1. The van der Waals surface area contributed by atoms with Gasteiger partial charge in [0, 0.05) is 48.7 Å². The first kappa shape index (κ1) is 18.8. The van der Waals surface area contributed by atoms with Gasteiger partial charge in [-0.2, -0.15) is 4.98 Å². The summed E-state index contributed by atoms with van der Waals surface area (Å²) in [7, 11) is 0. The Kier molecular flexibility index (Phi) is 5.60. The highest BCUT2D eigenvalue weighted by atomic mass is 16.6. The molecule has 1 aliphatic rings. The van der Waals surface area contributed by atoms with Gasteiger partial charge in [0.25, 0.3) is 5.69 Å². The van der Waals surface area contributed by atoms with Crippen molar-refractivity contribution in [1.29, 1.82) is 0 Å². The summed E-state index contributed by atoms with van der Waals surface area (Å²) in [6, 6.07) is 12.7. The standard InChI is InChI=1S/C21H22N6O2/c28-27(29)18-7-3-4-15(12-18)14-23-20-13-19(16-8-10-22-11-9-16)25-21(26-20)24-17-5-1-2-6-17/h3-4,7-13,17H,1-2,5-6,14H2,(H2,23,24,25,26). The number of nitro benzene ring substituents is 1. The number of nitrogens with zero attached hydrogens (tertiary/aromatic N) is 4. The Morgan fingerprint density at radius 2 is 1.86 bits per heavy atom. The Morgan fingerprint density at radius 1 is 1.07 bits per heavy atom. The molecule has 4 rings (SSSR count). The number of rotatable bonds is 7. The fourth-order valence-corrected chi connectivity index (χ4v) is 3.50. The highest BCUT2D eigenvalue weighted by Crippen LogP contribution is 2.25. The van der Waals surface area contributed by atoms with Crippen LogP contribution in [0.5, 0.6) is 0 Å². The summed E-state index contributed by atoms with van der Waals surface area (Å²) >= 11 is 0. The summed E-state index contributed by atoms with van der Waals surface area (Å²) in [6.07, 6.45) is 8.16. The molecule has 3 aromatic rings. The Morgan fingerprint density at radius 3 is 2.62 bits per heavy atom. The molecule has 0 aliphatic heterocycles. The van der Waals surface area contributed by atoms with E-state index >= 15 is 0 Å². The number of hydrogen-bond donors (Lipinski definition) is 2. The first-order valence-corrected chi connectivity index (χ1v) is 9.70. The summed E-state index contributed by atoms with van der Waals surface area (Å²) in [5.74, 6) is 1.26. The third-order valence-electron chi connectivity index (χ3n) is 4.99. The molecule has 0 saturated heterocycles. The third kappa shape index (κ3) is 4.84. The van der Waals surface area contributed by atoms with Gasteiger partial charge in [0.1, 0.15) is 5.82 Å². The minimum Gasteiger partial charge on any atom is -0.366 e. The van der Waals surface area contributed by atoms with Crippen molar-refractivity contribution in [2.45, 2.75) is 38.3 Å². The van der Waals surface area contributed by atoms with Crippen LogP contribution >= 0.6 is 0 Å². The van der Waals surface area contributed by atoms with Crippen molar-refractivity contribution in [1.82, 2.24) is 15.0 Å². The molecule has 1 saturated carbocycles. The van der Waals surface area contributed by atoms with Gasteiger partial charge >= 0.3 is 0 Å². The van der Waals surface area contributed by atoms with Crippen LogP contribution in [0.1, 0.15) is 31.2 Å². The van der Waals surface area contributed by atoms with E-state index in [0.717, 1.165) is 29.7 Å². The lowest BCUT2D eigenvalue weighted by Gasteiger charge is -2.15. The average Bonchev–Trinajstić information content (AvgIpc) is 3.26. The van der Waals surface area contributed by atoms with Gasteiger partial charge in [-0.05, 0) is 30.5 Å². The minimum atomic E-state index is -0.390. The number of pyridine rings is 1. The fourth-order valence-electron chi connectivity index (χ4n) is 3.50. The van der Waals surface area contributed by atoms with Gasteiger partial charge in [-0.1, -0.05) is 25.0 Å². The lowest BCUT2D eigenvalue weighted by molar-refractivity contribution is -0.384. The molecule has 8 nitrogen and oxygen atoms in total. The molecular formula is C21H22N6O2. The van der Waals surface area contributed by atoms with Crippen molar-refractivity contribution >= 4 is 17.5 Å². The summed E-state index contributed by atoms with van der Waals surface area (Å²) in [5, 5.41) is 17.7. The number of hydrogen-bond acceptors (Lipinski definition) is 7. The number of benzene rings is 1. The van der Waals surface area contributed by atoms with Crippen LogP contribution in [0.4, 0.5) is 17.5 Å². The van der Waals surface area contributed by atoms with Crippen molar-refractivity contribution in [2.75, 3.05) is 10.6 Å². The second-order valence-electron chi connectivity index (χ2n) is 7.10. The molecule has 148 valence electrons. The van der Waals surface area contributed by atoms with Crippen LogP contribution in [-0.4, -0.2) is 25.9 Å². The van der Waals surface area contributed by atoms with Crippen LogP contribution in [0.15, 0.2) is 54.9 Å². The Balaban J connectivity index is 1.57. The molecule has 2 heterocycles. The largest absolute Gasteiger partial charge is 0.366 e. The summed E-state index contributed by atoms with van der Waals surface area (Å²) in [4.78, 5) is 24.0. The molecule has 0 unspecified atom stereocenters. The second kappa shape index (κ2) is 8.64. The van der Waals surface area contributed by atoms with Gasteiger partial charge in [-0.15, -0.1) is 0 Å². The average molecular weight is 390 g/mol. The molecule has 29 heavy (non-hydrogen) atoms. The zero-order valence-electron chi connectivity index (χ0n) is 15.9. The molecule has 0 atom stereocenters. The van der Waals surface area contributed by atoms with Crippen LogP contribution in [0.3, 0.4) is 0 Å². The molecule has 2 aromatic heterocycles. The van der Waals surface area contributed by atoms with E-state index in [1.54, 1.807) is 24.5 Å². The predicted molar refractivity (Wildman–Crippen MR) is 112 cm³/mol. The summed E-state index contributed by atoms with van der Waals surface area (Å²) < 4.78 is 0. The molecule has 1 aliphatic carbocycles. The van der Waals surface area contributed by atoms with Crippen LogP contribution in [0.2, 0.25) is 0 Å². The number of nitrogens with one attached hydrogen (secondary N) is 2. The van der Waals surface area contributed by atoms with Crippen LogP contribution in [-0.2, 0) is 6.54 Å². The van der Waals surface area contributed by atoms with Crippen molar-refractivity contribution < 1.29 is 4.92 Å². The highest BCUT2D eigenvalue weighted by Gasteiger charge is 2.17. The molecule has 1 aromatic carbocycles. The zero-order chi connectivity index (χ0) is 20.1. The first-order chi connectivity index (χ1) is 14.2. The number of aromatic nitrogens is 3. The van der Waals surface area contributed by atoms with Gasteiger partial charge < -0.3 is 10.6 Å². The first-order valence-electron chi connectivity index (χ1n) is 9.70. The van der Waals surface area contributed by atoms with Crippen LogP contribution in [0, 0.1) is 10.1 Å². The zero-order valence-corrected chi connectivity index (χ0v) is 15.9. The Bertz CT molecular complexity index is 989. The smallest absolute Gasteiger partial charge is 0.269 e. The maximum absolute atomic E-state index is 11.0. The molecule has 2 N–H and O–H groups in total. The van der Waals surface area contributed by atoms with E-state index in [1.165, 1.54) is 18.9 Å². The Hall–Kier alpha value is -3.55. The van der Waals surface area contributed by atoms with Crippen molar-refractivity contribution in [2.24, 2.45) is 0 Å². The van der Waals surface area contributed by atoms with Gasteiger partial charge in [0.2, 0.25) is 5.95 Å². The topological polar surface area (TPSA) is 106 Å². The molecule has 0 spiro atoms. The van der Waals surface area contributed by atoms with Gasteiger partial charge in [0.15, 0.2) is 0 Å². The van der Waals surface area contributed by atoms with Crippen molar-refractivity contribution in [3.63, 3.8) is 0 Å². The molecular weight excluding hydrogens is 368 g/mol. The van der Waals surface area contributed by atoms with Gasteiger partial charge in [-0.25, -0.2) is 4.98 Å². The number of nitro groups is 1. The maximum atomic E-state index is 11.0. The van der Waals surface area contributed by atoms with Gasteiger partial charge in [-0.3, -0.25) is 15.1 Å². The van der Waals surface area contributed by atoms with Crippen LogP contribution < -0.4 is 10.6 Å². The molecule has 8 heteroatoms. The molecule has 0 bridgehead atoms. The predicted octanol–water partition coefficient (Wildman–Crippen LogP) is 4.41. The van der Waals surface area contributed by atoms with E-state index in [2.05, 4.69) is 25.6 Å². The lowest BCUT2D eigenvalue weighted by Crippen LogP contribution is -2.17. The highest BCUT2D eigenvalue weighted by molar-refractivity contribution is 5.64. The molecule has 0 radical (unpaired) electrons. The summed E-state index contributed by atoms with van der Waals surface area (Å²) in [5.41, 5.74) is 2.64. The van der Waals surface area contributed by atoms with E-state index in [-0.39, 0.29) is 10.6 Å². The third-order valence-corrected chi connectivity index (χ3v) is 4.99.